The van der Waals surface area contributed by atoms with Crippen LogP contribution in [0.4, 0.5) is 0 Å². The average Bonchev–Trinajstić information content (AvgIpc) is 1.85. The Morgan fingerprint density at radius 1 is 1.08 bits per heavy atom. The number of hydrogen-bond acceptors (Lipinski definition) is 0. The first-order valence-electron chi connectivity index (χ1n) is 4.75. The Hall–Kier alpha value is 1.06. The first kappa shape index (κ1) is 15.5. The van der Waals surface area contributed by atoms with E-state index in [2.05, 4.69) is 20.8 Å². The second-order valence-corrected chi connectivity index (χ2v) is 4.91. The molecule has 0 unspecified atom stereocenters. The van der Waals surface area contributed by atoms with Gasteiger partial charge in [-0.05, 0) is 20.3 Å². The predicted molar refractivity (Wildman–Crippen MR) is 61.3 cm³/mol. The number of hydrogen-bond donors (Lipinski definition) is 0. The Bertz CT molecular complexity index is 94.6. The topological polar surface area (TPSA) is 0 Å². The SMILES string of the molecule is CCCCCCCC(C)(C)Cl.[H-].[H-].[Mg+2]. The van der Waals surface area contributed by atoms with Crippen LogP contribution in [-0.4, -0.2) is 27.9 Å². The van der Waals surface area contributed by atoms with Crippen molar-refractivity contribution in [1.29, 1.82) is 0 Å². The normalized spacial score (nSPS) is 11.0. The van der Waals surface area contributed by atoms with Gasteiger partial charge in [0.25, 0.3) is 0 Å². The first-order valence-corrected chi connectivity index (χ1v) is 5.13. The van der Waals surface area contributed by atoms with Gasteiger partial charge in [-0.25, -0.2) is 0 Å². The monoisotopic (exact) mass is 202 g/mol. The molecule has 2 heteroatoms. The van der Waals surface area contributed by atoms with Crippen molar-refractivity contribution in [3.8, 4) is 0 Å². The summed E-state index contributed by atoms with van der Waals surface area (Å²) < 4.78 is 0. The van der Waals surface area contributed by atoms with Crippen molar-refractivity contribution in [3.63, 3.8) is 0 Å². The van der Waals surface area contributed by atoms with Gasteiger partial charge in [-0.2, -0.15) is 0 Å². The molecule has 0 saturated heterocycles. The molecule has 0 saturated carbocycles. The van der Waals surface area contributed by atoms with Gasteiger partial charge in [0.1, 0.15) is 0 Å². The van der Waals surface area contributed by atoms with Gasteiger partial charge in [-0.15, -0.1) is 11.6 Å². The third-order valence-electron chi connectivity index (χ3n) is 1.87. The quantitative estimate of drug-likeness (QED) is 0.344. The molecule has 0 nitrogen and oxygen atoms in total. The van der Waals surface area contributed by atoms with E-state index in [-0.39, 0.29) is 30.8 Å². The summed E-state index contributed by atoms with van der Waals surface area (Å²) in [5.41, 5.74) is 0. The van der Waals surface area contributed by atoms with Crippen LogP contribution in [0.3, 0.4) is 0 Å². The second kappa shape index (κ2) is 8.65. The molecule has 72 valence electrons. The van der Waals surface area contributed by atoms with E-state index < -0.39 is 0 Å². The molecule has 0 aromatic heterocycles. The molecule has 0 spiro atoms. The Labute approximate surface area is 102 Å². The molecule has 0 aromatic rings. The molecule has 0 amide bonds. The predicted octanol–water partition coefficient (Wildman–Crippen LogP) is 4.21. The molecule has 0 heterocycles. The van der Waals surface area contributed by atoms with Crippen molar-refractivity contribution in [2.45, 2.75) is 64.2 Å². The van der Waals surface area contributed by atoms with Crippen LogP contribution in [-0.2, 0) is 0 Å². The molecular weight excluding hydrogens is 180 g/mol. The molecule has 12 heavy (non-hydrogen) atoms. The summed E-state index contributed by atoms with van der Waals surface area (Å²) >= 11 is 6.05. The van der Waals surface area contributed by atoms with Gasteiger partial charge in [0.15, 0.2) is 0 Å². The Morgan fingerprint density at radius 3 is 2.00 bits per heavy atom. The zero-order chi connectivity index (χ0) is 8.74. The zero-order valence-corrected chi connectivity index (χ0v) is 11.0. The van der Waals surface area contributed by atoms with Crippen molar-refractivity contribution in [1.82, 2.24) is 0 Å². The molecule has 0 bridgehead atoms. The van der Waals surface area contributed by atoms with E-state index >= 15 is 0 Å². The van der Waals surface area contributed by atoms with E-state index in [9.17, 15) is 0 Å². The minimum Gasteiger partial charge on any atom is -1.00 e. The van der Waals surface area contributed by atoms with Gasteiger partial charge in [-0.3, -0.25) is 0 Å². The van der Waals surface area contributed by atoms with Gasteiger partial charge in [-0.1, -0.05) is 39.0 Å². The van der Waals surface area contributed by atoms with Gasteiger partial charge in [0, 0.05) is 4.87 Å². The van der Waals surface area contributed by atoms with Crippen molar-refractivity contribution in [3.05, 3.63) is 0 Å². The summed E-state index contributed by atoms with van der Waals surface area (Å²) in [6, 6.07) is 0. The van der Waals surface area contributed by atoms with Crippen LogP contribution >= 0.6 is 11.6 Å². The minimum absolute atomic E-state index is 0. The number of halogens is 1. The molecule has 0 N–H and O–H groups in total. The molecule has 0 atom stereocenters. The summed E-state index contributed by atoms with van der Waals surface area (Å²) in [7, 11) is 0. The van der Waals surface area contributed by atoms with E-state index in [0.29, 0.717) is 0 Å². The largest absolute Gasteiger partial charge is 2.00 e. The number of rotatable bonds is 6. The molecule has 0 aliphatic rings. The van der Waals surface area contributed by atoms with Gasteiger partial charge < -0.3 is 2.85 Å². The molecule has 0 aliphatic heterocycles. The first-order chi connectivity index (χ1) is 5.06. The summed E-state index contributed by atoms with van der Waals surface area (Å²) in [6.45, 7) is 6.42. The van der Waals surface area contributed by atoms with E-state index in [1.807, 2.05) is 0 Å². The number of unbranched alkanes of at least 4 members (excludes halogenated alkanes) is 4. The Morgan fingerprint density at radius 2 is 1.58 bits per heavy atom. The van der Waals surface area contributed by atoms with Crippen molar-refractivity contribution in [2.75, 3.05) is 0 Å². The van der Waals surface area contributed by atoms with Crippen LogP contribution in [0.25, 0.3) is 0 Å². The van der Waals surface area contributed by atoms with Crippen LogP contribution in [0.15, 0.2) is 0 Å². The van der Waals surface area contributed by atoms with E-state index in [1.165, 1.54) is 32.1 Å². The average molecular weight is 203 g/mol. The Balaban J connectivity index is -0.000000167. The maximum atomic E-state index is 6.05. The van der Waals surface area contributed by atoms with Crippen LogP contribution in [0.5, 0.6) is 0 Å². The van der Waals surface area contributed by atoms with Crippen LogP contribution < -0.4 is 0 Å². The molecule has 0 fully saturated rings. The van der Waals surface area contributed by atoms with Gasteiger partial charge >= 0.3 is 23.1 Å². The van der Waals surface area contributed by atoms with Crippen LogP contribution in [0.2, 0.25) is 0 Å². The third-order valence-corrected chi connectivity index (χ3v) is 2.06. The standard InChI is InChI=1S/C10H21Cl.Mg.2H/c1-4-5-6-7-8-9-10(2,3)11;;;/h4-9H2,1-3H3;;;/q;+2;2*-1. The summed E-state index contributed by atoms with van der Waals surface area (Å²) in [5, 5.41) is 0. The fourth-order valence-corrected chi connectivity index (χ4v) is 1.28. The van der Waals surface area contributed by atoms with Crippen LogP contribution in [0.1, 0.15) is 62.1 Å². The number of alkyl halides is 1. The fourth-order valence-electron chi connectivity index (χ4n) is 1.15. The molecule has 0 aliphatic carbocycles. The summed E-state index contributed by atoms with van der Waals surface area (Å²) in [6.07, 6.45) is 7.87. The maximum Gasteiger partial charge on any atom is 2.00 e. The zero-order valence-electron chi connectivity index (χ0n) is 10.8. The van der Waals surface area contributed by atoms with Gasteiger partial charge in [0.05, 0.1) is 0 Å². The van der Waals surface area contributed by atoms with E-state index in [0.717, 1.165) is 6.42 Å². The smallest absolute Gasteiger partial charge is 1.00 e. The van der Waals surface area contributed by atoms with E-state index in [4.69, 9.17) is 11.6 Å². The molecule has 0 rings (SSSR count). The fraction of sp³-hybridized carbons (Fsp3) is 1.00. The summed E-state index contributed by atoms with van der Waals surface area (Å²) in [4.78, 5) is 0.0201. The molecule has 0 radical (unpaired) electrons. The molecule has 0 aromatic carbocycles. The minimum atomic E-state index is 0. The third kappa shape index (κ3) is 13.6. The maximum absolute atomic E-state index is 6.05. The van der Waals surface area contributed by atoms with Crippen molar-refractivity contribution < 1.29 is 2.85 Å². The molecular formula is C10H23ClMg. The second-order valence-electron chi connectivity index (χ2n) is 3.88. The van der Waals surface area contributed by atoms with E-state index in [1.54, 1.807) is 0 Å². The van der Waals surface area contributed by atoms with Crippen molar-refractivity contribution >= 4 is 34.7 Å². The summed E-state index contributed by atoms with van der Waals surface area (Å²) in [5.74, 6) is 0. The van der Waals surface area contributed by atoms with Crippen molar-refractivity contribution in [2.24, 2.45) is 0 Å². The van der Waals surface area contributed by atoms with Crippen LogP contribution in [0, 0.1) is 0 Å². The Kier molecular flexibility index (Phi) is 11.2. The van der Waals surface area contributed by atoms with Gasteiger partial charge in [0.2, 0.25) is 0 Å².